The minimum atomic E-state index is -0.999. The second kappa shape index (κ2) is 12.5. The number of piperazine rings is 1. The summed E-state index contributed by atoms with van der Waals surface area (Å²) >= 11 is 1.17. The summed E-state index contributed by atoms with van der Waals surface area (Å²) in [4.78, 5) is 5.29. The maximum atomic E-state index is 9.96. The zero-order valence-electron chi connectivity index (χ0n) is 19.9. The van der Waals surface area contributed by atoms with E-state index in [4.69, 9.17) is 9.84 Å². The number of likely N-dealkylation sites (N-methyl/N-ethyl adjacent to an activating group) is 1. The summed E-state index contributed by atoms with van der Waals surface area (Å²) in [7, 11) is 3.16. The first-order valence-corrected chi connectivity index (χ1v) is 12.2. The van der Waals surface area contributed by atoms with E-state index in [1.807, 2.05) is 13.0 Å². The van der Waals surface area contributed by atoms with Gasteiger partial charge in [-0.15, -0.1) is 0 Å². The van der Waals surface area contributed by atoms with Gasteiger partial charge in [-0.25, -0.2) is 0 Å². The summed E-state index contributed by atoms with van der Waals surface area (Å²) in [5, 5.41) is 38.7. The van der Waals surface area contributed by atoms with Crippen LogP contribution in [0.25, 0.3) is 16.3 Å². The summed E-state index contributed by atoms with van der Waals surface area (Å²) in [5.74, 6) is 0. The van der Waals surface area contributed by atoms with Crippen molar-refractivity contribution in [2.45, 2.75) is 31.8 Å². The highest BCUT2D eigenvalue weighted by molar-refractivity contribution is 8.01. The molecule has 2 saturated heterocycles. The number of rotatable bonds is 5. The number of ether oxygens (including phenoxy) is 1. The van der Waals surface area contributed by atoms with Crippen LogP contribution in [0.4, 0.5) is 5.69 Å². The smallest absolute Gasteiger partial charge is 0.171 e. The van der Waals surface area contributed by atoms with E-state index in [9.17, 15) is 15.5 Å². The fourth-order valence-electron chi connectivity index (χ4n) is 4.09. The Labute approximate surface area is 205 Å². The van der Waals surface area contributed by atoms with E-state index in [2.05, 4.69) is 58.0 Å². The molecule has 2 heterocycles. The van der Waals surface area contributed by atoms with E-state index < -0.39 is 18.4 Å². The average molecular weight is 487 g/mol. The van der Waals surface area contributed by atoms with Gasteiger partial charge in [0.15, 0.2) is 6.29 Å². The zero-order chi connectivity index (χ0) is 24.7. The second-order valence-electron chi connectivity index (χ2n) is 8.54. The minimum absolute atomic E-state index is 0.123. The molecule has 184 valence electrons. The van der Waals surface area contributed by atoms with Crippen LogP contribution in [-0.2, 0) is 4.74 Å². The number of nitriles is 1. The van der Waals surface area contributed by atoms with Crippen molar-refractivity contribution in [1.29, 1.82) is 5.26 Å². The van der Waals surface area contributed by atoms with Gasteiger partial charge in [-0.1, -0.05) is 18.2 Å². The highest BCUT2D eigenvalue weighted by Gasteiger charge is 2.29. The highest BCUT2D eigenvalue weighted by atomic mass is 32.2. The first kappa shape index (κ1) is 26.4. The van der Waals surface area contributed by atoms with Crippen LogP contribution in [0.2, 0.25) is 0 Å². The predicted octanol–water partition coefficient (Wildman–Crippen LogP) is 2.16. The van der Waals surface area contributed by atoms with E-state index in [1.165, 1.54) is 23.0 Å². The summed E-state index contributed by atoms with van der Waals surface area (Å²) in [5.41, 5.74) is 3.09. The Balaban J connectivity index is 0.00000158. The van der Waals surface area contributed by atoms with Crippen molar-refractivity contribution in [2.24, 2.45) is 0 Å². The normalized spacial score (nSPS) is 24.1. The molecule has 0 amide bonds. The molecular weight excluding hydrogens is 452 g/mol. The maximum Gasteiger partial charge on any atom is 0.171 e. The number of hydrogen-bond acceptors (Lipinski definition) is 9. The van der Waals surface area contributed by atoms with Crippen LogP contribution in [0, 0.1) is 11.3 Å². The lowest BCUT2D eigenvalue weighted by atomic mass is 10.0. The molecule has 34 heavy (non-hydrogen) atoms. The molecule has 3 unspecified atom stereocenters. The van der Waals surface area contributed by atoms with Gasteiger partial charge in [-0.3, -0.25) is 4.72 Å². The molecule has 2 aliphatic heterocycles. The molecule has 2 aliphatic rings. The lowest BCUT2D eigenvalue weighted by Crippen LogP contribution is -2.46. The molecule has 2 aromatic carbocycles. The number of nitrogens with zero attached hydrogens (tertiary/aromatic N) is 3. The van der Waals surface area contributed by atoms with Gasteiger partial charge in [0.1, 0.15) is 11.0 Å². The van der Waals surface area contributed by atoms with E-state index >= 15 is 0 Å². The molecule has 0 bridgehead atoms. The van der Waals surface area contributed by atoms with E-state index in [1.54, 1.807) is 0 Å². The monoisotopic (exact) mass is 486 g/mol. The van der Waals surface area contributed by atoms with Crippen LogP contribution in [0.15, 0.2) is 41.3 Å². The largest absolute Gasteiger partial charge is 0.400 e. The minimum Gasteiger partial charge on any atom is -0.400 e. The molecule has 4 N–H and O–H groups in total. The third kappa shape index (κ3) is 6.49. The second-order valence-corrected chi connectivity index (χ2v) is 9.39. The zero-order valence-corrected chi connectivity index (χ0v) is 20.8. The van der Waals surface area contributed by atoms with Gasteiger partial charge in [-0.05, 0) is 72.4 Å². The quantitative estimate of drug-likeness (QED) is 0.373. The number of aliphatic hydroxyl groups excluding tert-OH is 3. The third-order valence-corrected chi connectivity index (χ3v) is 7.23. The number of aliphatic hydroxyl groups is 3. The number of allylic oxidation sites excluding steroid dienone is 2. The van der Waals surface area contributed by atoms with Gasteiger partial charge >= 0.3 is 0 Å². The molecule has 0 aliphatic carbocycles. The average Bonchev–Trinajstić information content (AvgIpc) is 2.87. The summed E-state index contributed by atoms with van der Waals surface area (Å²) in [6.07, 6.45) is -1.25. The van der Waals surface area contributed by atoms with E-state index in [0.29, 0.717) is 11.3 Å². The molecule has 4 rings (SSSR count). The van der Waals surface area contributed by atoms with Gasteiger partial charge in [-0.2, -0.15) is 5.26 Å². The number of fused-ring (bicyclic) bond motifs is 1. The number of nitrogens with one attached hydrogen (secondary N) is 1. The Morgan fingerprint density at radius 2 is 1.76 bits per heavy atom. The maximum absolute atomic E-state index is 9.96. The van der Waals surface area contributed by atoms with Crippen LogP contribution < -0.4 is 9.62 Å². The topological polar surface area (TPSA) is 112 Å². The Hall–Kier alpha value is -2.16. The summed E-state index contributed by atoms with van der Waals surface area (Å²) < 4.78 is 8.23. The SMILES string of the molecule is C/C(=C(/C#N)SNC1CC(O)COC1O)c1ccc2cc(N3CCN(C)CC3)ccc2c1.CO. The first-order valence-electron chi connectivity index (χ1n) is 11.4. The number of hydrogen-bond donors (Lipinski definition) is 4. The van der Waals surface area contributed by atoms with Gasteiger partial charge in [0, 0.05) is 39.0 Å². The first-order chi connectivity index (χ1) is 16.4. The fraction of sp³-hybridized carbons (Fsp3) is 0.480. The summed E-state index contributed by atoms with van der Waals surface area (Å²) in [6.45, 7) is 6.28. The molecule has 0 saturated carbocycles. The van der Waals surface area contributed by atoms with Crippen molar-refractivity contribution in [2.75, 3.05) is 51.8 Å². The van der Waals surface area contributed by atoms with Gasteiger partial charge in [0.05, 0.1) is 18.8 Å². The van der Waals surface area contributed by atoms with Gasteiger partial charge in [0.2, 0.25) is 0 Å². The third-order valence-electron chi connectivity index (χ3n) is 6.21. The predicted molar refractivity (Wildman–Crippen MR) is 137 cm³/mol. The van der Waals surface area contributed by atoms with Gasteiger partial charge < -0.3 is 29.9 Å². The lowest BCUT2D eigenvalue weighted by molar-refractivity contribution is -0.168. The summed E-state index contributed by atoms with van der Waals surface area (Å²) in [6, 6.07) is 14.6. The molecule has 0 aromatic heterocycles. The Kier molecular flexibility index (Phi) is 9.74. The molecule has 0 spiro atoms. The highest BCUT2D eigenvalue weighted by Crippen LogP contribution is 2.30. The van der Waals surface area contributed by atoms with Crippen molar-refractivity contribution < 1.29 is 20.1 Å². The molecule has 3 atom stereocenters. The van der Waals surface area contributed by atoms with Gasteiger partial charge in [0.25, 0.3) is 0 Å². The van der Waals surface area contributed by atoms with Crippen LogP contribution >= 0.6 is 11.9 Å². The Morgan fingerprint density at radius 1 is 1.09 bits per heavy atom. The van der Waals surface area contributed by atoms with Crippen molar-refractivity contribution in [3.63, 3.8) is 0 Å². The van der Waals surface area contributed by atoms with Crippen molar-refractivity contribution in [3.8, 4) is 6.07 Å². The Bertz CT molecular complexity index is 1030. The van der Waals surface area contributed by atoms with Crippen LogP contribution in [0.3, 0.4) is 0 Å². The van der Waals surface area contributed by atoms with Crippen LogP contribution in [0.5, 0.6) is 0 Å². The molecule has 9 heteroatoms. The lowest BCUT2D eigenvalue weighted by Gasteiger charge is -2.34. The van der Waals surface area contributed by atoms with Crippen molar-refractivity contribution >= 4 is 34.0 Å². The molecule has 8 nitrogen and oxygen atoms in total. The van der Waals surface area contributed by atoms with Crippen LogP contribution in [0.1, 0.15) is 18.9 Å². The standard InChI is InChI=1S/C24H30N4O3S.CH4O/c1-16(23(14-25)32-26-22-13-21(29)15-31-24(22)30)17-3-4-19-12-20(6-5-18(19)11-17)28-9-7-27(2)8-10-28;1-2/h3-6,11-12,21-22,24,26,29-30H,7-10,13,15H2,1-2H3;2H,1H3/b23-16+;. The number of benzene rings is 2. The molecule has 0 radical (unpaired) electrons. The molecule has 2 aromatic rings. The molecular formula is C25H34N4O4S. The van der Waals surface area contributed by atoms with Crippen molar-refractivity contribution in [1.82, 2.24) is 9.62 Å². The van der Waals surface area contributed by atoms with Crippen molar-refractivity contribution in [3.05, 3.63) is 46.9 Å². The molecule has 2 fully saturated rings. The van der Waals surface area contributed by atoms with E-state index in [-0.39, 0.29) is 6.61 Å². The number of anilines is 1. The fourth-order valence-corrected chi connectivity index (χ4v) is 4.88. The van der Waals surface area contributed by atoms with Crippen LogP contribution in [-0.4, -0.2) is 85.6 Å². The Morgan fingerprint density at radius 3 is 2.47 bits per heavy atom. The van der Waals surface area contributed by atoms with E-state index in [0.717, 1.165) is 49.8 Å².